The first-order valence-corrected chi connectivity index (χ1v) is 13.3. The molecular formula is C24H32BrN3O2S. The lowest BCUT2D eigenvalue weighted by Crippen LogP contribution is -2.60. The molecule has 7 heteroatoms. The summed E-state index contributed by atoms with van der Waals surface area (Å²) in [5.41, 5.74) is 11.7. The molecule has 2 heterocycles. The highest BCUT2D eigenvalue weighted by Gasteiger charge is 2.81. The number of carbonyl (C=O) groups is 2. The number of hydrogen-bond donors (Lipinski definition) is 2. The van der Waals surface area contributed by atoms with Crippen LogP contribution in [0.5, 0.6) is 0 Å². The van der Waals surface area contributed by atoms with Crippen molar-refractivity contribution in [2.75, 3.05) is 19.6 Å². The zero-order valence-corrected chi connectivity index (χ0v) is 20.3. The van der Waals surface area contributed by atoms with Gasteiger partial charge in [0.25, 0.3) is 0 Å². The van der Waals surface area contributed by atoms with Gasteiger partial charge >= 0.3 is 0 Å². The summed E-state index contributed by atoms with van der Waals surface area (Å²) in [5.74, 6) is -0.641. The highest BCUT2D eigenvalue weighted by molar-refractivity contribution is 9.11. The molecular weight excluding hydrogens is 474 g/mol. The summed E-state index contributed by atoms with van der Waals surface area (Å²) in [4.78, 5) is 29.2. The van der Waals surface area contributed by atoms with Gasteiger partial charge in [-0.2, -0.15) is 0 Å². The van der Waals surface area contributed by atoms with E-state index in [0.717, 1.165) is 41.6 Å². The molecule has 5 rings (SSSR count). The second kappa shape index (κ2) is 7.70. The predicted molar refractivity (Wildman–Crippen MR) is 126 cm³/mol. The van der Waals surface area contributed by atoms with Crippen molar-refractivity contribution in [3.63, 3.8) is 0 Å². The molecule has 31 heavy (non-hydrogen) atoms. The fourth-order valence-electron chi connectivity index (χ4n) is 7.54. The Morgan fingerprint density at radius 3 is 2.26 bits per heavy atom. The van der Waals surface area contributed by atoms with Crippen LogP contribution in [0.1, 0.15) is 50.5 Å². The Morgan fingerprint density at radius 2 is 1.71 bits per heavy atom. The lowest BCUT2D eigenvalue weighted by Gasteiger charge is -2.48. The van der Waals surface area contributed by atoms with E-state index >= 15 is 0 Å². The normalized spacial score (nSPS) is 35.3. The maximum Gasteiger partial charge on any atom is 0.225 e. The van der Waals surface area contributed by atoms with Crippen molar-refractivity contribution in [1.82, 2.24) is 4.90 Å². The Kier molecular flexibility index (Phi) is 5.38. The summed E-state index contributed by atoms with van der Waals surface area (Å²) in [7, 11) is 0. The van der Waals surface area contributed by atoms with E-state index in [9.17, 15) is 9.59 Å². The molecule has 1 aromatic heterocycles. The number of carbonyl (C=O) groups excluding carboxylic acids is 2. The average Bonchev–Trinajstić information content (AvgIpc) is 3.02. The van der Waals surface area contributed by atoms with Gasteiger partial charge in [0.05, 0.1) is 14.6 Å². The van der Waals surface area contributed by atoms with Gasteiger partial charge in [0.2, 0.25) is 11.8 Å². The van der Waals surface area contributed by atoms with E-state index in [1.807, 2.05) is 0 Å². The van der Waals surface area contributed by atoms with Gasteiger partial charge in [-0.25, -0.2) is 0 Å². The minimum Gasteiger partial charge on any atom is -0.369 e. The number of allylic oxidation sites excluding steroid dienone is 2. The molecule has 3 aliphatic carbocycles. The number of hydrogen-bond acceptors (Lipinski definition) is 4. The molecule has 168 valence electrons. The minimum absolute atomic E-state index is 0.00622. The standard InChI is InChI=1S/C24H32BrN3O2S/c25-19-13-16(15-31-19)14-24(21(27)30)18-6-5-17(22(18)8-9-22)23(24,20(26)29)7-1-2-10-28-11-3-4-12-28/h5-6,13,15,17-18H,1-4,7-12,14H2,(H2,26,29)(H2,27,30)/t17-,18+,23+,24+/m1/s1. The zero-order valence-electron chi connectivity index (χ0n) is 17.9. The molecule has 1 spiro atoms. The van der Waals surface area contributed by atoms with Gasteiger partial charge in [-0.15, -0.1) is 11.3 Å². The molecule has 0 radical (unpaired) electrons. The number of amides is 2. The van der Waals surface area contributed by atoms with Gasteiger partial charge in [-0.1, -0.05) is 18.6 Å². The molecule has 0 unspecified atom stereocenters. The predicted octanol–water partition coefficient (Wildman–Crippen LogP) is 3.86. The third kappa shape index (κ3) is 3.02. The lowest BCUT2D eigenvalue weighted by molar-refractivity contribution is -0.151. The zero-order chi connectivity index (χ0) is 21.9. The molecule has 2 amide bonds. The highest BCUT2D eigenvalue weighted by Crippen LogP contribution is 2.81. The average molecular weight is 507 g/mol. The van der Waals surface area contributed by atoms with Crippen LogP contribution in [-0.2, 0) is 16.0 Å². The van der Waals surface area contributed by atoms with Crippen LogP contribution < -0.4 is 11.5 Å². The van der Waals surface area contributed by atoms with Crippen molar-refractivity contribution in [1.29, 1.82) is 0 Å². The molecule has 2 saturated carbocycles. The van der Waals surface area contributed by atoms with Gasteiger partial charge in [-0.3, -0.25) is 9.59 Å². The summed E-state index contributed by atoms with van der Waals surface area (Å²) in [6, 6.07) is 2.06. The molecule has 4 atom stereocenters. The number of rotatable bonds is 9. The van der Waals surface area contributed by atoms with Gasteiger partial charge in [0, 0.05) is 0 Å². The van der Waals surface area contributed by atoms with Crippen LogP contribution in [-0.4, -0.2) is 36.3 Å². The Labute approximate surface area is 196 Å². The number of unbranched alkanes of at least 4 members (excludes halogenated alkanes) is 1. The third-order valence-electron chi connectivity index (χ3n) is 8.90. The van der Waals surface area contributed by atoms with Crippen molar-refractivity contribution >= 4 is 39.1 Å². The Balaban J connectivity index is 1.50. The van der Waals surface area contributed by atoms with Crippen molar-refractivity contribution < 1.29 is 9.59 Å². The molecule has 1 aliphatic heterocycles. The van der Waals surface area contributed by atoms with Gasteiger partial charge in [-0.05, 0) is 115 Å². The second-order valence-electron chi connectivity index (χ2n) is 10.2. The van der Waals surface area contributed by atoms with Gasteiger partial charge in [0.15, 0.2) is 0 Å². The number of halogens is 1. The lowest BCUT2D eigenvalue weighted by atomic mass is 9.53. The molecule has 4 N–H and O–H groups in total. The van der Waals surface area contributed by atoms with Crippen molar-refractivity contribution in [3.05, 3.63) is 32.9 Å². The SMILES string of the molecule is NC(=O)[C@]1(CCCCN2CCCC2)[C@@H]2C=C[C@@H](C23CC3)[C@@]1(Cc1csc(Br)c1)C(N)=O. The van der Waals surface area contributed by atoms with Crippen molar-refractivity contribution in [2.45, 2.75) is 51.4 Å². The van der Waals surface area contributed by atoms with Crippen LogP contribution in [0.2, 0.25) is 0 Å². The summed E-state index contributed by atoms with van der Waals surface area (Å²) < 4.78 is 1.03. The molecule has 5 nitrogen and oxygen atoms in total. The molecule has 1 saturated heterocycles. The maximum absolute atomic E-state index is 13.4. The maximum atomic E-state index is 13.4. The summed E-state index contributed by atoms with van der Waals surface area (Å²) >= 11 is 5.15. The number of likely N-dealkylation sites (tertiary alicyclic amines) is 1. The largest absolute Gasteiger partial charge is 0.369 e. The van der Waals surface area contributed by atoms with Crippen LogP contribution in [0.4, 0.5) is 0 Å². The summed E-state index contributed by atoms with van der Waals surface area (Å²) in [5, 5.41) is 2.07. The molecule has 0 aromatic carbocycles. The van der Waals surface area contributed by atoms with Crippen molar-refractivity contribution in [2.24, 2.45) is 39.5 Å². The van der Waals surface area contributed by atoms with Crippen LogP contribution in [0, 0.1) is 28.1 Å². The topological polar surface area (TPSA) is 89.4 Å². The first-order valence-electron chi connectivity index (χ1n) is 11.6. The monoisotopic (exact) mass is 505 g/mol. The van der Waals surface area contributed by atoms with E-state index < -0.39 is 10.8 Å². The highest BCUT2D eigenvalue weighted by atomic mass is 79.9. The fourth-order valence-corrected chi connectivity index (χ4v) is 8.75. The fraction of sp³-hybridized carbons (Fsp3) is 0.667. The minimum atomic E-state index is -0.942. The van der Waals surface area contributed by atoms with Crippen LogP contribution in [0.15, 0.2) is 27.4 Å². The number of thiophene rings is 1. The van der Waals surface area contributed by atoms with Crippen LogP contribution in [0.25, 0.3) is 0 Å². The van der Waals surface area contributed by atoms with E-state index in [1.54, 1.807) is 11.3 Å². The van der Waals surface area contributed by atoms with Gasteiger partial charge < -0.3 is 16.4 Å². The smallest absolute Gasteiger partial charge is 0.225 e. The van der Waals surface area contributed by atoms with E-state index in [2.05, 4.69) is 44.4 Å². The molecule has 2 bridgehead atoms. The Hall–Kier alpha value is -1.18. The molecule has 3 fully saturated rings. The first kappa shape index (κ1) is 21.7. The first-order chi connectivity index (χ1) is 14.9. The van der Waals surface area contributed by atoms with Crippen molar-refractivity contribution in [3.8, 4) is 0 Å². The molecule has 1 aromatic rings. The number of nitrogens with two attached hydrogens (primary N) is 2. The van der Waals surface area contributed by atoms with E-state index in [1.165, 1.54) is 25.9 Å². The number of nitrogens with zero attached hydrogens (tertiary/aromatic N) is 1. The summed E-state index contributed by atoms with van der Waals surface area (Å²) in [6.07, 6.45) is 12.1. The number of primary amides is 2. The Bertz CT molecular complexity index is 920. The quantitative estimate of drug-likeness (QED) is 0.394. The Morgan fingerprint density at radius 1 is 1.06 bits per heavy atom. The van der Waals surface area contributed by atoms with Gasteiger partial charge in [0.1, 0.15) is 0 Å². The third-order valence-corrected chi connectivity index (χ3v) is 10.5. The molecule has 4 aliphatic rings. The van der Waals surface area contributed by atoms with Crippen LogP contribution in [0.3, 0.4) is 0 Å². The van der Waals surface area contributed by atoms with E-state index in [-0.39, 0.29) is 29.1 Å². The van der Waals surface area contributed by atoms with E-state index in [4.69, 9.17) is 11.5 Å². The van der Waals surface area contributed by atoms with E-state index in [0.29, 0.717) is 12.8 Å². The second-order valence-corrected chi connectivity index (χ2v) is 12.5. The summed E-state index contributed by atoms with van der Waals surface area (Å²) in [6.45, 7) is 3.41. The van der Waals surface area contributed by atoms with Crippen LogP contribution >= 0.6 is 27.3 Å².